The lowest BCUT2D eigenvalue weighted by molar-refractivity contribution is -0.302. The van der Waals surface area contributed by atoms with E-state index in [0.717, 1.165) is 20.8 Å². The van der Waals surface area contributed by atoms with Gasteiger partial charge < -0.3 is 28.4 Å². The lowest BCUT2D eigenvalue weighted by Crippen LogP contribution is -2.62. The SMILES string of the molecule is CO[C@@H]1O[C@@H](COC(C)=O)[C@H](OC(C)=O)[C@H](OC(C)=O)[C@@H]1OC(C)=O. The Balaban J connectivity index is 3.18. The molecule has 0 aromatic heterocycles. The Kier molecular flexibility index (Phi) is 7.78. The number of carbonyl (C=O) groups excluding carboxylic acids is 4. The molecule has 10 nitrogen and oxygen atoms in total. The quantitative estimate of drug-likeness (QED) is 0.460. The number of hydrogen-bond donors (Lipinski definition) is 0. The molecule has 25 heavy (non-hydrogen) atoms. The van der Waals surface area contributed by atoms with Crippen molar-refractivity contribution in [3.8, 4) is 0 Å². The fourth-order valence-corrected chi connectivity index (χ4v) is 2.38. The fraction of sp³-hybridized carbons (Fsp3) is 0.733. The Bertz CT molecular complexity index is 516. The van der Waals surface area contributed by atoms with E-state index in [-0.39, 0.29) is 6.61 Å². The van der Waals surface area contributed by atoms with Gasteiger partial charge in [-0.1, -0.05) is 0 Å². The van der Waals surface area contributed by atoms with Gasteiger partial charge in [-0.15, -0.1) is 0 Å². The Morgan fingerprint density at radius 2 is 1.24 bits per heavy atom. The van der Waals surface area contributed by atoms with E-state index in [1.807, 2.05) is 0 Å². The van der Waals surface area contributed by atoms with Crippen molar-refractivity contribution in [3.63, 3.8) is 0 Å². The van der Waals surface area contributed by atoms with E-state index in [9.17, 15) is 19.2 Å². The molecule has 0 amide bonds. The standard InChI is InChI=1S/C15H22O10/c1-7(16)21-6-11-12(22-8(2)17)13(23-9(3)18)14(24-10(4)19)15(20-5)25-11/h11-15H,6H2,1-5H3/t11-,12-,13-,14-,15+/m0/s1. The number of methoxy groups -OCH3 is 1. The third-order valence-corrected chi connectivity index (χ3v) is 3.18. The minimum atomic E-state index is -1.20. The van der Waals surface area contributed by atoms with Crippen molar-refractivity contribution in [2.75, 3.05) is 13.7 Å². The van der Waals surface area contributed by atoms with E-state index >= 15 is 0 Å². The van der Waals surface area contributed by atoms with E-state index in [1.165, 1.54) is 14.0 Å². The number of rotatable bonds is 6. The normalized spacial score (nSPS) is 28.6. The predicted molar refractivity (Wildman–Crippen MR) is 79.0 cm³/mol. The van der Waals surface area contributed by atoms with Crippen molar-refractivity contribution in [2.24, 2.45) is 0 Å². The van der Waals surface area contributed by atoms with Crippen LogP contribution in [0, 0.1) is 0 Å². The van der Waals surface area contributed by atoms with Crippen molar-refractivity contribution >= 4 is 23.9 Å². The molecular formula is C15H22O10. The monoisotopic (exact) mass is 362 g/mol. The number of ether oxygens (including phenoxy) is 6. The Morgan fingerprint density at radius 3 is 1.68 bits per heavy atom. The van der Waals surface area contributed by atoms with Crippen molar-refractivity contribution in [3.05, 3.63) is 0 Å². The van der Waals surface area contributed by atoms with Gasteiger partial charge in [-0.3, -0.25) is 19.2 Å². The second-order valence-corrected chi connectivity index (χ2v) is 5.30. The van der Waals surface area contributed by atoms with Gasteiger partial charge in [-0.25, -0.2) is 0 Å². The molecule has 1 rings (SSSR count). The Hall–Kier alpha value is -2.20. The van der Waals surface area contributed by atoms with Crippen molar-refractivity contribution < 1.29 is 47.6 Å². The molecule has 0 unspecified atom stereocenters. The molecule has 0 aromatic rings. The van der Waals surface area contributed by atoms with Gasteiger partial charge in [-0.05, 0) is 0 Å². The summed E-state index contributed by atoms with van der Waals surface area (Å²) in [4.78, 5) is 45.4. The summed E-state index contributed by atoms with van der Waals surface area (Å²) in [6.07, 6.45) is -5.67. The number of hydrogen-bond acceptors (Lipinski definition) is 10. The van der Waals surface area contributed by atoms with Crippen molar-refractivity contribution in [1.82, 2.24) is 0 Å². The van der Waals surface area contributed by atoms with E-state index in [0.29, 0.717) is 0 Å². The van der Waals surface area contributed by atoms with Gasteiger partial charge in [0.25, 0.3) is 0 Å². The minimum Gasteiger partial charge on any atom is -0.463 e. The van der Waals surface area contributed by atoms with Crippen LogP contribution in [-0.4, -0.2) is 68.3 Å². The summed E-state index contributed by atoms with van der Waals surface area (Å²) in [5, 5.41) is 0. The van der Waals surface area contributed by atoms with Crippen molar-refractivity contribution in [1.29, 1.82) is 0 Å². The second-order valence-electron chi connectivity index (χ2n) is 5.30. The molecule has 1 heterocycles. The maximum atomic E-state index is 11.5. The third-order valence-electron chi connectivity index (χ3n) is 3.18. The zero-order valence-corrected chi connectivity index (χ0v) is 14.7. The molecule has 1 fully saturated rings. The molecule has 0 radical (unpaired) electrons. The molecule has 1 aliphatic rings. The van der Waals surface area contributed by atoms with Crippen LogP contribution in [0.4, 0.5) is 0 Å². The van der Waals surface area contributed by atoms with Crippen LogP contribution in [-0.2, 0) is 47.6 Å². The van der Waals surface area contributed by atoms with Gasteiger partial charge in [0.2, 0.25) is 0 Å². The summed E-state index contributed by atoms with van der Waals surface area (Å²) in [6, 6.07) is 0. The predicted octanol–water partition coefficient (Wildman–Crippen LogP) is -0.284. The van der Waals surface area contributed by atoms with E-state index in [4.69, 9.17) is 28.4 Å². The average Bonchev–Trinajstić information content (AvgIpc) is 2.48. The van der Waals surface area contributed by atoms with Crippen LogP contribution >= 0.6 is 0 Å². The van der Waals surface area contributed by atoms with Crippen LogP contribution < -0.4 is 0 Å². The molecule has 0 bridgehead atoms. The molecule has 1 aliphatic heterocycles. The van der Waals surface area contributed by atoms with Crippen LogP contribution in [0.1, 0.15) is 27.7 Å². The topological polar surface area (TPSA) is 124 Å². The van der Waals surface area contributed by atoms with Gasteiger partial charge in [0.15, 0.2) is 24.6 Å². The summed E-state index contributed by atoms with van der Waals surface area (Å²) in [7, 11) is 1.29. The first kappa shape index (κ1) is 20.8. The maximum Gasteiger partial charge on any atom is 0.303 e. The summed E-state index contributed by atoms with van der Waals surface area (Å²) in [5.74, 6) is -2.63. The van der Waals surface area contributed by atoms with Crippen LogP contribution in [0.25, 0.3) is 0 Å². The zero-order chi connectivity index (χ0) is 19.1. The number of esters is 4. The summed E-state index contributed by atoms with van der Waals surface area (Å²) in [6.45, 7) is 4.37. The van der Waals surface area contributed by atoms with Gasteiger partial charge in [-0.2, -0.15) is 0 Å². The number of carbonyl (C=O) groups is 4. The van der Waals surface area contributed by atoms with Gasteiger partial charge >= 0.3 is 23.9 Å². The van der Waals surface area contributed by atoms with E-state index in [1.54, 1.807) is 0 Å². The van der Waals surface area contributed by atoms with Gasteiger partial charge in [0, 0.05) is 34.8 Å². The lowest BCUT2D eigenvalue weighted by Gasteiger charge is -2.43. The van der Waals surface area contributed by atoms with Crippen LogP contribution in [0.3, 0.4) is 0 Å². The Labute approximate surface area is 144 Å². The summed E-state index contributed by atoms with van der Waals surface area (Å²) >= 11 is 0. The highest BCUT2D eigenvalue weighted by molar-refractivity contribution is 5.68. The Morgan fingerprint density at radius 1 is 0.760 bits per heavy atom. The highest BCUT2D eigenvalue weighted by Crippen LogP contribution is 2.29. The third kappa shape index (κ3) is 6.31. The molecule has 0 saturated carbocycles. The van der Waals surface area contributed by atoms with Crippen LogP contribution in [0.15, 0.2) is 0 Å². The second kappa shape index (κ2) is 9.33. The minimum absolute atomic E-state index is 0.280. The molecular weight excluding hydrogens is 340 g/mol. The van der Waals surface area contributed by atoms with E-state index in [2.05, 4.69) is 0 Å². The average molecular weight is 362 g/mol. The lowest BCUT2D eigenvalue weighted by atomic mass is 9.98. The molecule has 0 N–H and O–H groups in total. The first-order valence-electron chi connectivity index (χ1n) is 7.49. The van der Waals surface area contributed by atoms with Gasteiger partial charge in [0.05, 0.1) is 0 Å². The molecule has 5 atom stereocenters. The van der Waals surface area contributed by atoms with Crippen LogP contribution in [0.5, 0.6) is 0 Å². The smallest absolute Gasteiger partial charge is 0.303 e. The summed E-state index contributed by atoms with van der Waals surface area (Å²) < 4.78 is 31.1. The zero-order valence-electron chi connectivity index (χ0n) is 14.7. The summed E-state index contributed by atoms with van der Waals surface area (Å²) in [5.41, 5.74) is 0. The van der Waals surface area contributed by atoms with Gasteiger partial charge in [0.1, 0.15) is 12.7 Å². The van der Waals surface area contributed by atoms with E-state index < -0.39 is 54.6 Å². The highest BCUT2D eigenvalue weighted by Gasteiger charge is 2.52. The molecule has 10 heteroatoms. The molecule has 1 saturated heterocycles. The molecule has 0 aromatic carbocycles. The maximum absolute atomic E-state index is 11.5. The first-order chi connectivity index (χ1) is 11.6. The largest absolute Gasteiger partial charge is 0.463 e. The first-order valence-corrected chi connectivity index (χ1v) is 7.49. The van der Waals surface area contributed by atoms with Crippen molar-refractivity contribution in [2.45, 2.75) is 58.4 Å². The molecule has 0 aliphatic carbocycles. The highest BCUT2D eigenvalue weighted by atomic mass is 16.7. The molecule has 142 valence electrons. The molecule has 0 spiro atoms. The fourth-order valence-electron chi connectivity index (χ4n) is 2.38. The van der Waals surface area contributed by atoms with Crippen LogP contribution in [0.2, 0.25) is 0 Å².